The summed E-state index contributed by atoms with van der Waals surface area (Å²) in [6.45, 7) is 3.80. The summed E-state index contributed by atoms with van der Waals surface area (Å²) >= 11 is 0. The number of piperidine rings is 1. The first-order valence-corrected chi connectivity index (χ1v) is 10.3. The average Bonchev–Trinajstić information content (AvgIpc) is 3.00. The second kappa shape index (κ2) is 8.31. The maximum Gasteiger partial charge on any atom is 0.227 e. The van der Waals surface area contributed by atoms with Crippen LogP contribution in [0.3, 0.4) is 0 Å². The van der Waals surface area contributed by atoms with Gasteiger partial charge in [0.2, 0.25) is 5.91 Å². The maximum atomic E-state index is 13.1. The van der Waals surface area contributed by atoms with E-state index in [1.807, 2.05) is 32.4 Å². The number of aromatic nitrogens is 1. The maximum absolute atomic E-state index is 13.1. The van der Waals surface area contributed by atoms with E-state index in [0.29, 0.717) is 18.4 Å². The number of anilines is 1. The number of carbonyl (C=O) groups excluding carboxylic acids is 1. The van der Waals surface area contributed by atoms with Crippen LogP contribution in [0.25, 0.3) is 0 Å². The first-order valence-electron chi connectivity index (χ1n) is 10.3. The summed E-state index contributed by atoms with van der Waals surface area (Å²) in [6.07, 6.45) is 4.70. The summed E-state index contributed by atoms with van der Waals surface area (Å²) in [5, 5.41) is 0. The van der Waals surface area contributed by atoms with E-state index in [1.54, 1.807) is 0 Å². The van der Waals surface area contributed by atoms with E-state index in [4.69, 9.17) is 0 Å². The third-order valence-corrected chi connectivity index (χ3v) is 6.03. The van der Waals surface area contributed by atoms with Crippen LogP contribution >= 0.6 is 0 Å². The van der Waals surface area contributed by atoms with Gasteiger partial charge < -0.3 is 9.80 Å². The van der Waals surface area contributed by atoms with Gasteiger partial charge in [-0.1, -0.05) is 18.2 Å². The number of fused-ring (bicyclic) bond motifs is 4. The standard InChI is InChI=1S/C23H30N4O/c1-25(2)21-9-6-18(7-10-21)13-23(28)27-15-19-8-11-22(27)17-26(14-19)16-20-5-3-4-12-24-20/h3-7,9-10,12,19,22H,8,11,13-17H2,1-2H3/t19-,22+/m0/s1. The summed E-state index contributed by atoms with van der Waals surface area (Å²) in [5.41, 5.74) is 3.37. The van der Waals surface area contributed by atoms with Crippen molar-refractivity contribution in [2.45, 2.75) is 31.8 Å². The van der Waals surface area contributed by atoms with Crippen LogP contribution in [-0.2, 0) is 17.8 Å². The average molecular weight is 379 g/mol. The van der Waals surface area contributed by atoms with Crippen LogP contribution in [0.15, 0.2) is 48.7 Å². The molecule has 0 N–H and O–H groups in total. The normalized spacial score (nSPS) is 22.1. The molecule has 0 radical (unpaired) electrons. The van der Waals surface area contributed by atoms with Crippen molar-refractivity contribution in [3.8, 4) is 0 Å². The van der Waals surface area contributed by atoms with Crippen LogP contribution in [0, 0.1) is 5.92 Å². The fourth-order valence-corrected chi connectivity index (χ4v) is 4.52. The molecule has 3 fully saturated rings. The smallest absolute Gasteiger partial charge is 0.227 e. The minimum atomic E-state index is 0.270. The first kappa shape index (κ1) is 18.9. The van der Waals surface area contributed by atoms with Gasteiger partial charge >= 0.3 is 0 Å². The van der Waals surface area contributed by atoms with E-state index >= 15 is 0 Å². The quantitative estimate of drug-likeness (QED) is 0.802. The molecule has 1 aromatic carbocycles. The molecule has 148 valence electrons. The van der Waals surface area contributed by atoms with Crippen molar-refractivity contribution in [3.63, 3.8) is 0 Å². The number of hydrogen-bond acceptors (Lipinski definition) is 4. The van der Waals surface area contributed by atoms with Gasteiger partial charge in [-0.3, -0.25) is 14.7 Å². The highest BCUT2D eigenvalue weighted by molar-refractivity contribution is 5.79. The van der Waals surface area contributed by atoms with E-state index < -0.39 is 0 Å². The van der Waals surface area contributed by atoms with Crippen LogP contribution in [0.4, 0.5) is 5.69 Å². The molecule has 0 saturated carbocycles. The van der Waals surface area contributed by atoms with E-state index in [0.717, 1.165) is 49.5 Å². The Bertz CT molecular complexity index is 790. The van der Waals surface area contributed by atoms with Crippen LogP contribution in [0.1, 0.15) is 24.1 Å². The topological polar surface area (TPSA) is 39.7 Å². The predicted molar refractivity (Wildman–Crippen MR) is 112 cm³/mol. The van der Waals surface area contributed by atoms with Crippen molar-refractivity contribution < 1.29 is 4.79 Å². The molecule has 4 heterocycles. The molecule has 1 aromatic heterocycles. The second-order valence-electron chi connectivity index (χ2n) is 8.40. The van der Waals surface area contributed by atoms with Gasteiger partial charge in [0.1, 0.15) is 0 Å². The highest BCUT2D eigenvalue weighted by Gasteiger charge is 2.37. The van der Waals surface area contributed by atoms with Gasteiger partial charge in [-0.05, 0) is 48.6 Å². The Balaban J connectivity index is 1.40. The zero-order valence-corrected chi connectivity index (χ0v) is 16.9. The minimum Gasteiger partial charge on any atom is -0.378 e. The van der Waals surface area contributed by atoms with Crippen molar-refractivity contribution >= 4 is 11.6 Å². The van der Waals surface area contributed by atoms with Crippen molar-refractivity contribution in [1.82, 2.24) is 14.8 Å². The molecular weight excluding hydrogens is 348 g/mol. The van der Waals surface area contributed by atoms with Gasteiger partial charge in [0.25, 0.3) is 0 Å². The zero-order valence-electron chi connectivity index (χ0n) is 16.9. The third-order valence-electron chi connectivity index (χ3n) is 6.03. The largest absolute Gasteiger partial charge is 0.378 e. The van der Waals surface area contributed by atoms with E-state index in [9.17, 15) is 4.79 Å². The highest BCUT2D eigenvalue weighted by atomic mass is 16.2. The van der Waals surface area contributed by atoms with Gasteiger partial charge in [-0.15, -0.1) is 0 Å². The summed E-state index contributed by atoms with van der Waals surface area (Å²) in [5.74, 6) is 0.842. The summed E-state index contributed by atoms with van der Waals surface area (Å²) < 4.78 is 0. The molecule has 3 aliphatic heterocycles. The Kier molecular flexibility index (Phi) is 5.62. The van der Waals surface area contributed by atoms with Gasteiger partial charge in [0.15, 0.2) is 0 Å². The number of nitrogens with zero attached hydrogens (tertiary/aromatic N) is 4. The summed E-state index contributed by atoms with van der Waals surface area (Å²) in [7, 11) is 4.07. The lowest BCUT2D eigenvalue weighted by atomic mass is 9.94. The first-order chi connectivity index (χ1) is 13.6. The Morgan fingerprint density at radius 2 is 1.89 bits per heavy atom. The molecule has 28 heavy (non-hydrogen) atoms. The van der Waals surface area contributed by atoms with E-state index in [1.165, 1.54) is 6.42 Å². The zero-order chi connectivity index (χ0) is 19.5. The monoisotopic (exact) mass is 378 g/mol. The Hall–Kier alpha value is -2.40. The number of amides is 1. The van der Waals surface area contributed by atoms with Crippen molar-refractivity contribution in [3.05, 3.63) is 59.9 Å². The van der Waals surface area contributed by atoms with Crippen molar-refractivity contribution in [2.75, 3.05) is 38.6 Å². The molecule has 3 saturated heterocycles. The van der Waals surface area contributed by atoms with Crippen LogP contribution < -0.4 is 4.90 Å². The number of rotatable bonds is 5. The lowest BCUT2D eigenvalue weighted by Crippen LogP contribution is -2.48. The third kappa shape index (κ3) is 4.36. The van der Waals surface area contributed by atoms with Gasteiger partial charge in [0, 0.05) is 58.2 Å². The molecule has 3 aliphatic rings. The Morgan fingerprint density at radius 1 is 1.07 bits per heavy atom. The van der Waals surface area contributed by atoms with E-state index in [2.05, 4.69) is 50.0 Å². The molecule has 5 heteroatoms. The van der Waals surface area contributed by atoms with Crippen LogP contribution in [0.2, 0.25) is 0 Å². The molecule has 0 aliphatic carbocycles. The fraction of sp³-hybridized carbons (Fsp3) is 0.478. The fourth-order valence-electron chi connectivity index (χ4n) is 4.52. The van der Waals surface area contributed by atoms with Gasteiger partial charge in [-0.2, -0.15) is 0 Å². The lowest BCUT2D eigenvalue weighted by Gasteiger charge is -2.36. The van der Waals surface area contributed by atoms with Crippen LogP contribution in [-0.4, -0.2) is 60.5 Å². The van der Waals surface area contributed by atoms with Gasteiger partial charge in [0.05, 0.1) is 12.1 Å². The predicted octanol–water partition coefficient (Wildman–Crippen LogP) is 2.81. The Morgan fingerprint density at radius 3 is 2.61 bits per heavy atom. The minimum absolute atomic E-state index is 0.270. The molecule has 2 aromatic rings. The molecule has 5 rings (SSSR count). The molecule has 2 bridgehead atoms. The molecule has 2 atom stereocenters. The SMILES string of the molecule is CN(C)c1ccc(CC(=O)N2C[C@H]3CC[C@@H]2CN(Cc2ccccn2)C3)cc1. The summed E-state index contributed by atoms with van der Waals surface area (Å²) in [4.78, 5) is 24.3. The molecule has 1 amide bonds. The number of benzene rings is 1. The highest BCUT2D eigenvalue weighted by Crippen LogP contribution is 2.29. The van der Waals surface area contributed by atoms with Crippen molar-refractivity contribution in [1.29, 1.82) is 0 Å². The van der Waals surface area contributed by atoms with Crippen molar-refractivity contribution in [2.24, 2.45) is 5.92 Å². The lowest BCUT2D eigenvalue weighted by molar-refractivity contribution is -0.134. The number of pyridine rings is 1. The van der Waals surface area contributed by atoms with Crippen LogP contribution in [0.5, 0.6) is 0 Å². The second-order valence-corrected chi connectivity index (χ2v) is 8.40. The Labute approximate surface area is 168 Å². The van der Waals surface area contributed by atoms with Gasteiger partial charge in [-0.25, -0.2) is 0 Å². The number of hydrogen-bond donors (Lipinski definition) is 0. The summed E-state index contributed by atoms with van der Waals surface area (Å²) in [6, 6.07) is 14.8. The van der Waals surface area contributed by atoms with E-state index in [-0.39, 0.29) is 5.91 Å². The number of carbonyl (C=O) groups is 1. The molecule has 0 spiro atoms. The molecule has 0 unspecified atom stereocenters. The molecule has 5 nitrogen and oxygen atoms in total. The molecular formula is C23H30N4O.